The van der Waals surface area contributed by atoms with Crippen molar-refractivity contribution in [3.8, 4) is 6.07 Å². The molecule has 0 aromatic rings. The summed E-state index contributed by atoms with van der Waals surface area (Å²) in [6.45, 7) is 0.523. The Balaban J connectivity index is 1.78. The summed E-state index contributed by atoms with van der Waals surface area (Å²) in [5.74, 6) is -0.585. The van der Waals surface area contributed by atoms with E-state index in [1.807, 2.05) is 12.1 Å². The van der Waals surface area contributed by atoms with Crippen molar-refractivity contribution in [2.24, 2.45) is 5.92 Å². The first-order valence-electron chi connectivity index (χ1n) is 10.0. The molecule has 1 aliphatic carbocycles. The first-order chi connectivity index (χ1) is 13.1. The topological polar surface area (TPSA) is 102 Å². The van der Waals surface area contributed by atoms with Crippen molar-refractivity contribution in [3.05, 3.63) is 12.2 Å². The molecule has 1 saturated carbocycles. The zero-order chi connectivity index (χ0) is 19.3. The Hall–Kier alpha value is -2.36. The maximum absolute atomic E-state index is 12.9. The quantitative estimate of drug-likeness (QED) is 0.565. The molecule has 2 N–H and O–H groups in total. The molecule has 2 heterocycles. The van der Waals surface area contributed by atoms with E-state index in [-0.39, 0.29) is 30.2 Å². The van der Waals surface area contributed by atoms with Crippen LogP contribution in [0.25, 0.3) is 0 Å². The first-order valence-corrected chi connectivity index (χ1v) is 10.0. The molecule has 0 aromatic heterocycles. The van der Waals surface area contributed by atoms with Crippen molar-refractivity contribution in [2.45, 2.75) is 69.4 Å². The van der Waals surface area contributed by atoms with E-state index in [9.17, 15) is 14.4 Å². The largest absolute Gasteiger partial charge is 0.341 e. The zero-order valence-electron chi connectivity index (χ0n) is 15.7. The fourth-order valence-electron chi connectivity index (χ4n) is 4.20. The maximum atomic E-state index is 12.9. The van der Waals surface area contributed by atoms with Crippen LogP contribution in [0, 0.1) is 17.2 Å². The second kappa shape index (κ2) is 8.55. The number of nitrogens with one attached hydrogen (secondary N) is 2. The van der Waals surface area contributed by atoms with Crippen molar-refractivity contribution >= 4 is 17.7 Å². The fraction of sp³-hybridized carbons (Fsp3) is 0.700. The van der Waals surface area contributed by atoms with Crippen LogP contribution < -0.4 is 10.6 Å². The number of rotatable bonds is 2. The van der Waals surface area contributed by atoms with E-state index in [1.54, 1.807) is 4.90 Å². The zero-order valence-corrected chi connectivity index (χ0v) is 15.7. The van der Waals surface area contributed by atoms with Gasteiger partial charge in [0.2, 0.25) is 17.7 Å². The van der Waals surface area contributed by atoms with Gasteiger partial charge in [0, 0.05) is 18.9 Å². The van der Waals surface area contributed by atoms with Crippen molar-refractivity contribution in [3.63, 3.8) is 0 Å². The highest BCUT2D eigenvalue weighted by atomic mass is 16.2. The molecule has 1 saturated heterocycles. The monoisotopic (exact) mass is 372 g/mol. The molecule has 0 aromatic carbocycles. The van der Waals surface area contributed by atoms with E-state index < -0.39 is 11.6 Å². The number of carbonyl (C=O) groups is 3. The van der Waals surface area contributed by atoms with E-state index in [1.165, 1.54) is 0 Å². The summed E-state index contributed by atoms with van der Waals surface area (Å²) in [5, 5.41) is 14.3. The Bertz CT molecular complexity index is 669. The van der Waals surface area contributed by atoms with Crippen molar-refractivity contribution in [1.29, 1.82) is 5.26 Å². The second-order valence-electron chi connectivity index (χ2n) is 7.74. The van der Waals surface area contributed by atoms with Gasteiger partial charge in [0.25, 0.3) is 0 Å². The van der Waals surface area contributed by atoms with Crippen LogP contribution in [0.3, 0.4) is 0 Å². The van der Waals surface area contributed by atoms with E-state index in [0.717, 1.165) is 38.5 Å². The molecule has 2 aliphatic heterocycles. The van der Waals surface area contributed by atoms with Gasteiger partial charge in [-0.15, -0.1) is 0 Å². The van der Waals surface area contributed by atoms with E-state index >= 15 is 0 Å². The SMILES string of the molecule is N#CCNC(=O)C12CC1/C=C/CCCCCCC(=O)N1CCCC1C(=O)N2. The van der Waals surface area contributed by atoms with Gasteiger partial charge in [-0.1, -0.05) is 25.0 Å². The van der Waals surface area contributed by atoms with Crippen LogP contribution in [-0.4, -0.2) is 47.3 Å². The molecule has 146 valence electrons. The third-order valence-corrected chi connectivity index (χ3v) is 5.85. The highest BCUT2D eigenvalue weighted by molar-refractivity contribution is 5.97. The van der Waals surface area contributed by atoms with Crippen molar-refractivity contribution in [1.82, 2.24) is 15.5 Å². The van der Waals surface area contributed by atoms with Gasteiger partial charge in [0.1, 0.15) is 18.1 Å². The summed E-state index contributed by atoms with van der Waals surface area (Å²) < 4.78 is 0. The normalized spacial score (nSPS) is 32.8. The molecule has 3 amide bonds. The highest BCUT2D eigenvalue weighted by Crippen LogP contribution is 2.45. The van der Waals surface area contributed by atoms with Crippen LogP contribution in [0.1, 0.15) is 57.8 Å². The molecule has 7 nitrogen and oxygen atoms in total. The van der Waals surface area contributed by atoms with Gasteiger partial charge in [-0.05, 0) is 38.5 Å². The van der Waals surface area contributed by atoms with Gasteiger partial charge in [0.05, 0.1) is 6.07 Å². The minimum absolute atomic E-state index is 0.0379. The lowest BCUT2D eigenvalue weighted by Crippen LogP contribution is -2.55. The van der Waals surface area contributed by atoms with E-state index in [4.69, 9.17) is 5.26 Å². The van der Waals surface area contributed by atoms with Crippen LogP contribution in [0.4, 0.5) is 0 Å². The average Bonchev–Trinajstić information content (AvgIpc) is 3.12. The molecule has 3 aliphatic rings. The van der Waals surface area contributed by atoms with Crippen LogP contribution in [-0.2, 0) is 14.4 Å². The Labute approximate surface area is 160 Å². The highest BCUT2D eigenvalue weighted by Gasteiger charge is 2.60. The number of carbonyl (C=O) groups excluding carboxylic acids is 3. The number of nitrogens with zero attached hydrogens (tertiary/aromatic N) is 2. The number of nitriles is 1. The first kappa shape index (κ1) is 19.4. The molecule has 3 atom stereocenters. The molecule has 2 fully saturated rings. The lowest BCUT2D eigenvalue weighted by Gasteiger charge is -2.26. The fourth-order valence-corrected chi connectivity index (χ4v) is 4.20. The van der Waals surface area contributed by atoms with Crippen LogP contribution in [0.5, 0.6) is 0 Å². The number of hydrogen-bond acceptors (Lipinski definition) is 4. The Kier molecular flexibility index (Phi) is 6.15. The van der Waals surface area contributed by atoms with Gasteiger partial charge in [0.15, 0.2) is 0 Å². The molecule has 27 heavy (non-hydrogen) atoms. The maximum Gasteiger partial charge on any atom is 0.247 e. The second-order valence-corrected chi connectivity index (χ2v) is 7.74. The lowest BCUT2D eigenvalue weighted by atomic mass is 10.1. The minimum atomic E-state index is -0.984. The van der Waals surface area contributed by atoms with Gasteiger partial charge in [-0.3, -0.25) is 14.4 Å². The van der Waals surface area contributed by atoms with Crippen LogP contribution in [0.2, 0.25) is 0 Å². The molecule has 0 bridgehead atoms. The average molecular weight is 372 g/mol. The minimum Gasteiger partial charge on any atom is -0.341 e. The molecular formula is C20H28N4O3. The van der Waals surface area contributed by atoms with Gasteiger partial charge >= 0.3 is 0 Å². The third kappa shape index (κ3) is 4.32. The predicted molar refractivity (Wildman–Crippen MR) is 99.2 cm³/mol. The molecule has 7 heteroatoms. The third-order valence-electron chi connectivity index (χ3n) is 5.85. The summed E-state index contributed by atoms with van der Waals surface area (Å²) in [4.78, 5) is 39.8. The molecule has 0 spiro atoms. The smallest absolute Gasteiger partial charge is 0.247 e. The van der Waals surface area contributed by atoms with Crippen molar-refractivity contribution < 1.29 is 14.4 Å². The molecule has 3 rings (SSSR count). The van der Waals surface area contributed by atoms with Gasteiger partial charge < -0.3 is 15.5 Å². The standard InChI is InChI=1S/C20H28N4O3/c21-11-12-22-19(27)20-14-15(20)8-5-3-1-2-4-6-10-17(25)24-13-7-9-16(24)18(26)23-20/h5,8,15-16H,1-4,6-7,9-10,12-14H2,(H,22,27)(H,23,26)/b8-5+. The summed E-state index contributed by atoms with van der Waals surface area (Å²) in [6, 6.07) is 1.41. The Morgan fingerprint density at radius 1 is 1.30 bits per heavy atom. The lowest BCUT2D eigenvalue weighted by molar-refractivity contribution is -0.140. The summed E-state index contributed by atoms with van der Waals surface area (Å²) in [5.41, 5.74) is -0.984. The molecule has 0 radical (unpaired) electrons. The Morgan fingerprint density at radius 3 is 2.93 bits per heavy atom. The number of allylic oxidation sites excluding steroid dienone is 1. The van der Waals surface area contributed by atoms with E-state index in [2.05, 4.69) is 16.7 Å². The van der Waals surface area contributed by atoms with Gasteiger partial charge in [-0.25, -0.2) is 0 Å². The van der Waals surface area contributed by atoms with Crippen LogP contribution in [0.15, 0.2) is 12.2 Å². The molecule has 3 unspecified atom stereocenters. The number of hydrogen-bond donors (Lipinski definition) is 2. The summed E-state index contributed by atoms with van der Waals surface area (Å²) in [6.07, 6.45) is 11.5. The predicted octanol–water partition coefficient (Wildman–Crippen LogP) is 1.40. The summed E-state index contributed by atoms with van der Waals surface area (Å²) in [7, 11) is 0. The Morgan fingerprint density at radius 2 is 2.11 bits per heavy atom. The summed E-state index contributed by atoms with van der Waals surface area (Å²) >= 11 is 0. The number of fused-ring (bicyclic) bond motifs is 2. The number of amides is 3. The van der Waals surface area contributed by atoms with E-state index in [0.29, 0.717) is 25.8 Å². The van der Waals surface area contributed by atoms with Crippen molar-refractivity contribution in [2.75, 3.05) is 13.1 Å². The molecular weight excluding hydrogens is 344 g/mol. The van der Waals surface area contributed by atoms with Crippen LogP contribution >= 0.6 is 0 Å². The van der Waals surface area contributed by atoms with Gasteiger partial charge in [-0.2, -0.15) is 5.26 Å².